The van der Waals surface area contributed by atoms with Gasteiger partial charge in [0, 0.05) is 16.8 Å². The molecule has 5 N–H and O–H groups in total. The van der Waals surface area contributed by atoms with Crippen LogP contribution in [0.4, 0.5) is 17.1 Å². The van der Waals surface area contributed by atoms with Crippen LogP contribution >= 0.6 is 0 Å². The number of hydrogen-bond acceptors (Lipinski definition) is 5. The zero-order valence-electron chi connectivity index (χ0n) is 10.8. The Labute approximate surface area is 116 Å². The normalized spacial score (nSPS) is 10.9. The van der Waals surface area contributed by atoms with E-state index in [9.17, 15) is 5.11 Å². The maximum Gasteiger partial charge on any atom is 0.0879 e. The molecule has 0 unspecified atom stereocenters. The molecule has 104 valence electrons. The van der Waals surface area contributed by atoms with Crippen LogP contribution in [0.5, 0.6) is 0 Å². The highest BCUT2D eigenvalue weighted by atomic mass is 16.3. The fourth-order valence-corrected chi connectivity index (χ4v) is 1.70. The third-order valence-corrected chi connectivity index (χ3v) is 2.82. The van der Waals surface area contributed by atoms with Crippen molar-refractivity contribution in [3.8, 4) is 0 Å². The molecule has 0 fully saturated rings. The van der Waals surface area contributed by atoms with E-state index in [-0.39, 0.29) is 13.2 Å². The molecule has 0 amide bonds. The first kappa shape index (κ1) is 14.0. The number of aliphatic hydroxyl groups is 2. The fraction of sp³-hybridized carbons (Fsp3) is 0.143. The summed E-state index contributed by atoms with van der Waals surface area (Å²) in [5.41, 5.74) is 11.6. The molecule has 0 saturated carbocycles. The number of benzene rings is 2. The SMILES string of the molecule is Nc1ccc(/N=N/Nc2ccccc2CO)cc1CO. The second kappa shape index (κ2) is 6.65. The number of anilines is 2. The molecule has 0 radical (unpaired) electrons. The van der Waals surface area contributed by atoms with Crippen LogP contribution in [0.15, 0.2) is 52.8 Å². The predicted molar refractivity (Wildman–Crippen MR) is 77.3 cm³/mol. The Morgan fingerprint density at radius 2 is 1.75 bits per heavy atom. The highest BCUT2D eigenvalue weighted by molar-refractivity contribution is 5.54. The second-order valence-corrected chi connectivity index (χ2v) is 4.17. The lowest BCUT2D eigenvalue weighted by Crippen LogP contribution is -1.94. The summed E-state index contributed by atoms with van der Waals surface area (Å²) >= 11 is 0. The lowest BCUT2D eigenvalue weighted by atomic mass is 10.2. The number of nitrogen functional groups attached to an aromatic ring is 1. The van der Waals surface area contributed by atoms with Crippen molar-refractivity contribution in [3.05, 3.63) is 53.6 Å². The van der Waals surface area contributed by atoms with Gasteiger partial charge in [0.25, 0.3) is 0 Å². The molecule has 0 atom stereocenters. The average molecular weight is 272 g/mol. The molecule has 0 aliphatic carbocycles. The minimum Gasteiger partial charge on any atom is -0.398 e. The Kier molecular flexibility index (Phi) is 4.65. The van der Waals surface area contributed by atoms with Gasteiger partial charge in [-0.05, 0) is 24.3 Å². The van der Waals surface area contributed by atoms with Crippen LogP contribution < -0.4 is 11.2 Å². The van der Waals surface area contributed by atoms with Crippen LogP contribution in [-0.4, -0.2) is 10.2 Å². The Balaban J connectivity index is 2.10. The lowest BCUT2D eigenvalue weighted by molar-refractivity contribution is 0.282. The monoisotopic (exact) mass is 272 g/mol. The summed E-state index contributed by atoms with van der Waals surface area (Å²) in [6, 6.07) is 12.3. The van der Waals surface area contributed by atoms with Crippen LogP contribution in [0.3, 0.4) is 0 Å². The van der Waals surface area contributed by atoms with Gasteiger partial charge in [0.2, 0.25) is 0 Å². The number of nitrogens with two attached hydrogens (primary N) is 1. The van der Waals surface area contributed by atoms with Crippen LogP contribution in [0, 0.1) is 0 Å². The summed E-state index contributed by atoms with van der Waals surface area (Å²) in [6.07, 6.45) is 0. The van der Waals surface area contributed by atoms with E-state index < -0.39 is 0 Å². The van der Waals surface area contributed by atoms with Crippen LogP contribution in [0.1, 0.15) is 11.1 Å². The van der Waals surface area contributed by atoms with Gasteiger partial charge in [0.05, 0.1) is 24.6 Å². The van der Waals surface area contributed by atoms with E-state index in [1.54, 1.807) is 30.3 Å². The van der Waals surface area contributed by atoms with Crippen molar-refractivity contribution in [3.63, 3.8) is 0 Å². The molecule has 0 aromatic heterocycles. The number of hydrogen-bond donors (Lipinski definition) is 4. The topological polar surface area (TPSA) is 103 Å². The number of para-hydroxylation sites is 1. The molecule has 0 heterocycles. The highest BCUT2D eigenvalue weighted by Gasteiger charge is 2.00. The largest absolute Gasteiger partial charge is 0.398 e. The van der Waals surface area contributed by atoms with Crippen molar-refractivity contribution in [1.29, 1.82) is 0 Å². The molecular weight excluding hydrogens is 256 g/mol. The van der Waals surface area contributed by atoms with Crippen LogP contribution in [0.2, 0.25) is 0 Å². The molecule has 2 aromatic rings. The zero-order valence-corrected chi connectivity index (χ0v) is 10.8. The van der Waals surface area contributed by atoms with Gasteiger partial charge in [-0.25, -0.2) is 0 Å². The van der Waals surface area contributed by atoms with E-state index in [4.69, 9.17) is 10.8 Å². The molecule has 0 spiro atoms. The van der Waals surface area contributed by atoms with Gasteiger partial charge in [0.15, 0.2) is 0 Å². The maximum atomic E-state index is 9.18. The first-order chi connectivity index (χ1) is 9.74. The fourth-order valence-electron chi connectivity index (χ4n) is 1.70. The molecule has 2 aromatic carbocycles. The first-order valence-corrected chi connectivity index (χ1v) is 6.09. The van der Waals surface area contributed by atoms with Gasteiger partial charge in [-0.15, -0.1) is 5.11 Å². The van der Waals surface area contributed by atoms with Gasteiger partial charge >= 0.3 is 0 Å². The van der Waals surface area contributed by atoms with E-state index in [1.807, 2.05) is 12.1 Å². The Morgan fingerprint density at radius 1 is 1.00 bits per heavy atom. The number of aliphatic hydroxyl groups excluding tert-OH is 2. The second-order valence-electron chi connectivity index (χ2n) is 4.17. The van der Waals surface area contributed by atoms with E-state index in [2.05, 4.69) is 15.8 Å². The van der Waals surface area contributed by atoms with Crippen molar-refractivity contribution in [2.24, 2.45) is 10.3 Å². The molecule has 0 saturated heterocycles. The Hall–Kier alpha value is -2.44. The standard InChI is InChI=1S/C14H16N4O2/c15-13-6-5-12(7-11(13)9-20)16-18-17-14-4-2-1-3-10(14)8-19/h1-7,19-20H,8-9,15H2,(H,16,17). The van der Waals surface area contributed by atoms with Crippen molar-refractivity contribution in [1.82, 2.24) is 0 Å². The third kappa shape index (κ3) is 3.31. The molecule has 0 bridgehead atoms. The lowest BCUT2D eigenvalue weighted by Gasteiger charge is -2.05. The third-order valence-electron chi connectivity index (χ3n) is 2.82. The molecule has 0 aliphatic rings. The number of rotatable bonds is 5. The van der Waals surface area contributed by atoms with Gasteiger partial charge < -0.3 is 15.9 Å². The van der Waals surface area contributed by atoms with Gasteiger partial charge in [-0.3, -0.25) is 5.43 Å². The first-order valence-electron chi connectivity index (χ1n) is 6.09. The molecule has 0 aliphatic heterocycles. The van der Waals surface area contributed by atoms with Crippen molar-refractivity contribution in [2.75, 3.05) is 11.2 Å². The van der Waals surface area contributed by atoms with Gasteiger partial charge in [0.1, 0.15) is 0 Å². The van der Waals surface area contributed by atoms with Crippen LogP contribution in [-0.2, 0) is 13.2 Å². The van der Waals surface area contributed by atoms with Crippen molar-refractivity contribution >= 4 is 17.1 Å². The van der Waals surface area contributed by atoms with Crippen molar-refractivity contribution in [2.45, 2.75) is 13.2 Å². The smallest absolute Gasteiger partial charge is 0.0879 e. The van der Waals surface area contributed by atoms with Gasteiger partial charge in [-0.2, -0.15) is 0 Å². The summed E-state index contributed by atoms with van der Waals surface area (Å²) in [4.78, 5) is 0. The van der Waals surface area contributed by atoms with Crippen molar-refractivity contribution < 1.29 is 10.2 Å². The molecule has 20 heavy (non-hydrogen) atoms. The predicted octanol–water partition coefficient (Wildman–Crippen LogP) is 2.36. The quantitative estimate of drug-likeness (QED) is 0.381. The summed E-state index contributed by atoms with van der Waals surface area (Å²) < 4.78 is 0. The van der Waals surface area contributed by atoms with E-state index in [0.29, 0.717) is 22.6 Å². The summed E-state index contributed by atoms with van der Waals surface area (Å²) in [5.74, 6) is 0. The highest BCUT2D eigenvalue weighted by Crippen LogP contribution is 2.21. The molecule has 6 heteroatoms. The Morgan fingerprint density at radius 3 is 2.50 bits per heavy atom. The zero-order chi connectivity index (χ0) is 14.4. The molecule has 6 nitrogen and oxygen atoms in total. The Bertz CT molecular complexity index is 614. The van der Waals surface area contributed by atoms with E-state index >= 15 is 0 Å². The maximum absolute atomic E-state index is 9.18. The van der Waals surface area contributed by atoms with Crippen LogP contribution in [0.25, 0.3) is 0 Å². The summed E-state index contributed by atoms with van der Waals surface area (Å²) in [5, 5.41) is 26.2. The summed E-state index contributed by atoms with van der Waals surface area (Å²) in [7, 11) is 0. The molecule has 2 rings (SSSR count). The van der Waals surface area contributed by atoms with Gasteiger partial charge in [-0.1, -0.05) is 23.4 Å². The minimum atomic E-state index is -0.143. The number of nitrogens with zero attached hydrogens (tertiary/aromatic N) is 2. The summed E-state index contributed by atoms with van der Waals surface area (Å²) in [6.45, 7) is -0.217. The average Bonchev–Trinajstić information content (AvgIpc) is 2.49. The minimum absolute atomic E-state index is 0.0742. The number of nitrogens with one attached hydrogen (secondary N) is 1. The van der Waals surface area contributed by atoms with E-state index in [0.717, 1.165) is 5.56 Å². The van der Waals surface area contributed by atoms with E-state index in [1.165, 1.54) is 0 Å². The molecular formula is C14H16N4O2.